The Bertz CT molecular complexity index is 682. The number of azide groups is 2. The zero-order valence-electron chi connectivity index (χ0n) is 10.7. The summed E-state index contributed by atoms with van der Waals surface area (Å²) in [4.78, 5) is 5.59. The molecule has 98 valence electrons. The first-order valence-corrected chi connectivity index (χ1v) is 6.04. The van der Waals surface area contributed by atoms with E-state index in [-0.39, 0.29) is 13.1 Å². The van der Waals surface area contributed by atoms with Crippen molar-refractivity contribution in [2.75, 3.05) is 0 Å². The van der Waals surface area contributed by atoms with Crippen molar-refractivity contribution in [2.24, 2.45) is 10.2 Å². The average molecular weight is 264 g/mol. The summed E-state index contributed by atoms with van der Waals surface area (Å²) < 4.78 is 0. The van der Waals surface area contributed by atoms with Crippen molar-refractivity contribution in [2.45, 2.75) is 13.1 Å². The summed E-state index contributed by atoms with van der Waals surface area (Å²) in [6.45, 7) is 0.477. The lowest BCUT2D eigenvalue weighted by Crippen LogP contribution is -1.95. The maximum Gasteiger partial charge on any atom is 0.0519 e. The number of benzene rings is 2. The van der Waals surface area contributed by atoms with E-state index in [9.17, 15) is 0 Å². The van der Waals surface area contributed by atoms with Crippen LogP contribution in [0.4, 0.5) is 0 Å². The molecular formula is C14H12N6. The molecule has 2 aromatic rings. The van der Waals surface area contributed by atoms with Crippen LogP contribution in [0.2, 0.25) is 0 Å². The van der Waals surface area contributed by atoms with Crippen molar-refractivity contribution < 1.29 is 0 Å². The Balaban J connectivity index is 2.54. The molecule has 0 aliphatic rings. The van der Waals surface area contributed by atoms with E-state index < -0.39 is 0 Å². The highest BCUT2D eigenvalue weighted by Crippen LogP contribution is 2.27. The third-order valence-corrected chi connectivity index (χ3v) is 2.95. The van der Waals surface area contributed by atoms with Crippen molar-refractivity contribution in [1.29, 1.82) is 0 Å². The molecule has 20 heavy (non-hydrogen) atoms. The molecule has 0 spiro atoms. The van der Waals surface area contributed by atoms with Gasteiger partial charge in [-0.3, -0.25) is 0 Å². The van der Waals surface area contributed by atoms with Gasteiger partial charge in [0.2, 0.25) is 0 Å². The smallest absolute Gasteiger partial charge is 0.0519 e. The fraction of sp³-hybridized carbons (Fsp3) is 0.143. The van der Waals surface area contributed by atoms with E-state index in [1.165, 1.54) is 0 Å². The summed E-state index contributed by atoms with van der Waals surface area (Å²) in [6, 6.07) is 15.6. The van der Waals surface area contributed by atoms with E-state index in [0.717, 1.165) is 22.3 Å². The second kappa shape index (κ2) is 6.85. The maximum atomic E-state index is 8.53. The molecule has 0 aliphatic heterocycles. The number of rotatable bonds is 5. The van der Waals surface area contributed by atoms with E-state index in [1.54, 1.807) is 0 Å². The van der Waals surface area contributed by atoms with Crippen LogP contribution in [0.25, 0.3) is 32.0 Å². The van der Waals surface area contributed by atoms with Crippen LogP contribution in [0.1, 0.15) is 11.1 Å². The quantitative estimate of drug-likeness (QED) is 0.413. The zero-order chi connectivity index (χ0) is 14.2. The minimum atomic E-state index is 0.234. The highest BCUT2D eigenvalue weighted by Gasteiger charge is 2.08. The predicted octanol–water partition coefficient (Wildman–Crippen LogP) is 4.97. The van der Waals surface area contributed by atoms with Crippen LogP contribution in [0.15, 0.2) is 58.8 Å². The fourth-order valence-electron chi connectivity index (χ4n) is 2.07. The number of nitrogens with zero attached hydrogens (tertiary/aromatic N) is 6. The van der Waals surface area contributed by atoms with Gasteiger partial charge in [0.15, 0.2) is 0 Å². The van der Waals surface area contributed by atoms with Gasteiger partial charge in [-0.2, -0.15) is 0 Å². The molecule has 0 aliphatic carbocycles. The largest absolute Gasteiger partial charge is 0.0893 e. The predicted molar refractivity (Wildman–Crippen MR) is 77.6 cm³/mol. The fourth-order valence-corrected chi connectivity index (χ4v) is 2.07. The van der Waals surface area contributed by atoms with Gasteiger partial charge < -0.3 is 0 Å². The molecule has 0 N–H and O–H groups in total. The molecule has 0 unspecified atom stereocenters. The SMILES string of the molecule is [N-]=[N+]=NCc1cccc(-c2ccccc2)c1CN=[N+]=[N-]. The van der Waals surface area contributed by atoms with Gasteiger partial charge in [0, 0.05) is 9.82 Å². The molecule has 0 aromatic heterocycles. The highest BCUT2D eigenvalue weighted by atomic mass is 15.1. The van der Waals surface area contributed by atoms with Gasteiger partial charge in [0.05, 0.1) is 13.1 Å². The zero-order valence-corrected chi connectivity index (χ0v) is 10.7. The van der Waals surface area contributed by atoms with Crippen molar-refractivity contribution in [3.63, 3.8) is 0 Å². The molecule has 0 radical (unpaired) electrons. The molecule has 0 saturated heterocycles. The molecule has 6 nitrogen and oxygen atoms in total. The van der Waals surface area contributed by atoms with Crippen molar-refractivity contribution in [3.05, 3.63) is 80.5 Å². The Morgan fingerprint density at radius 1 is 0.800 bits per heavy atom. The summed E-state index contributed by atoms with van der Waals surface area (Å²) in [5, 5.41) is 7.23. The van der Waals surface area contributed by atoms with E-state index in [1.807, 2.05) is 48.5 Å². The second-order valence-electron chi connectivity index (χ2n) is 4.09. The molecule has 0 atom stereocenters. The number of hydrogen-bond acceptors (Lipinski definition) is 2. The lowest BCUT2D eigenvalue weighted by molar-refractivity contribution is 0.965. The van der Waals surface area contributed by atoms with Crippen LogP contribution >= 0.6 is 0 Å². The molecule has 0 fully saturated rings. The lowest BCUT2D eigenvalue weighted by Gasteiger charge is -2.12. The highest BCUT2D eigenvalue weighted by molar-refractivity contribution is 5.68. The molecule has 2 rings (SSSR count). The van der Waals surface area contributed by atoms with Crippen molar-refractivity contribution in [1.82, 2.24) is 0 Å². The normalized spacial score (nSPS) is 9.40. The Labute approximate surface area is 115 Å². The average Bonchev–Trinajstić information content (AvgIpc) is 2.52. The Morgan fingerprint density at radius 3 is 2.20 bits per heavy atom. The first kappa shape index (κ1) is 13.5. The monoisotopic (exact) mass is 264 g/mol. The summed E-state index contributed by atoms with van der Waals surface area (Å²) in [5.41, 5.74) is 20.8. The maximum absolute atomic E-state index is 8.53. The van der Waals surface area contributed by atoms with Crippen molar-refractivity contribution in [3.8, 4) is 11.1 Å². The van der Waals surface area contributed by atoms with E-state index in [4.69, 9.17) is 11.1 Å². The van der Waals surface area contributed by atoms with Gasteiger partial charge in [0.1, 0.15) is 0 Å². The van der Waals surface area contributed by atoms with E-state index in [2.05, 4.69) is 20.1 Å². The first-order chi connectivity index (χ1) is 9.86. The molecule has 6 heteroatoms. The topological polar surface area (TPSA) is 97.5 Å². The molecule has 0 bridgehead atoms. The van der Waals surface area contributed by atoms with Gasteiger partial charge in [-0.15, -0.1) is 0 Å². The summed E-state index contributed by atoms with van der Waals surface area (Å²) in [5.74, 6) is 0. The van der Waals surface area contributed by atoms with Gasteiger partial charge in [-0.25, -0.2) is 0 Å². The Kier molecular flexibility index (Phi) is 4.62. The van der Waals surface area contributed by atoms with E-state index >= 15 is 0 Å². The third kappa shape index (κ3) is 3.09. The minimum Gasteiger partial charge on any atom is -0.0893 e. The first-order valence-electron chi connectivity index (χ1n) is 6.04. The van der Waals surface area contributed by atoms with Crippen molar-refractivity contribution >= 4 is 0 Å². The van der Waals surface area contributed by atoms with Crippen LogP contribution in [0.3, 0.4) is 0 Å². The van der Waals surface area contributed by atoms with Crippen LogP contribution in [0, 0.1) is 0 Å². The van der Waals surface area contributed by atoms with Gasteiger partial charge in [-0.1, -0.05) is 58.8 Å². The van der Waals surface area contributed by atoms with Crippen LogP contribution in [-0.2, 0) is 13.1 Å². The Morgan fingerprint density at radius 2 is 1.50 bits per heavy atom. The van der Waals surface area contributed by atoms with Gasteiger partial charge >= 0.3 is 0 Å². The molecular weight excluding hydrogens is 252 g/mol. The second-order valence-corrected chi connectivity index (χ2v) is 4.09. The van der Waals surface area contributed by atoms with Gasteiger partial charge in [-0.05, 0) is 33.3 Å². The van der Waals surface area contributed by atoms with Gasteiger partial charge in [0.25, 0.3) is 0 Å². The Hall–Kier alpha value is -2.94. The van der Waals surface area contributed by atoms with Crippen LogP contribution in [-0.4, -0.2) is 0 Å². The number of hydrogen-bond donors (Lipinski definition) is 0. The third-order valence-electron chi connectivity index (χ3n) is 2.95. The molecule has 0 amide bonds. The molecule has 2 aromatic carbocycles. The summed E-state index contributed by atoms with van der Waals surface area (Å²) in [7, 11) is 0. The standard InChI is InChI=1S/C14H12N6/c15-19-17-9-12-7-4-8-13(14(12)10-18-20-16)11-5-2-1-3-6-11/h1-8H,9-10H2. The summed E-state index contributed by atoms with van der Waals surface area (Å²) >= 11 is 0. The lowest BCUT2D eigenvalue weighted by atomic mass is 9.95. The minimum absolute atomic E-state index is 0.234. The molecule has 0 saturated carbocycles. The molecule has 0 heterocycles. The summed E-state index contributed by atoms with van der Waals surface area (Å²) in [6.07, 6.45) is 0. The van der Waals surface area contributed by atoms with Crippen LogP contribution < -0.4 is 0 Å². The van der Waals surface area contributed by atoms with Crippen LogP contribution in [0.5, 0.6) is 0 Å². The van der Waals surface area contributed by atoms with E-state index in [0.29, 0.717) is 0 Å².